The lowest BCUT2D eigenvalue weighted by Gasteiger charge is -2.26. The summed E-state index contributed by atoms with van der Waals surface area (Å²) < 4.78 is 5.82. The van der Waals surface area contributed by atoms with Crippen LogP contribution in [0.1, 0.15) is 30.4 Å². The van der Waals surface area contributed by atoms with Gasteiger partial charge in [-0.15, -0.1) is 0 Å². The lowest BCUT2D eigenvalue weighted by atomic mass is 9.86. The van der Waals surface area contributed by atoms with Gasteiger partial charge in [0, 0.05) is 34.3 Å². The van der Waals surface area contributed by atoms with Gasteiger partial charge in [0.2, 0.25) is 5.91 Å². The maximum Gasteiger partial charge on any atom is 0.248 e. The molecule has 1 heterocycles. The molecule has 1 saturated carbocycles. The van der Waals surface area contributed by atoms with E-state index in [0.717, 1.165) is 23.4 Å². The van der Waals surface area contributed by atoms with Gasteiger partial charge in [-0.05, 0) is 43.0 Å². The number of hydrogen-bond donors (Lipinski definition) is 0. The van der Waals surface area contributed by atoms with Crippen LogP contribution >= 0.6 is 23.2 Å². The average Bonchev–Trinajstić information content (AvgIpc) is 2.77. The molecule has 0 spiro atoms. The Labute approximate surface area is 175 Å². The molecule has 1 aliphatic heterocycles. The molecule has 0 bridgehead atoms. The van der Waals surface area contributed by atoms with Crippen LogP contribution in [-0.2, 0) is 9.53 Å². The van der Waals surface area contributed by atoms with Gasteiger partial charge in [0.15, 0.2) is 0 Å². The zero-order valence-electron chi connectivity index (χ0n) is 15.5. The Morgan fingerprint density at radius 1 is 1.11 bits per heavy atom. The standard InChI is InChI=1S/C22H22Cl2N2O2/c23-16-8-9-20-18(12-16)22(17-6-1-2-7-19(17)24)25-13-21(27)26(20)10-11-28-14-15-4-3-5-15/h1-2,6-9,12,15H,3-5,10-11,13-14H2. The lowest BCUT2D eigenvalue weighted by molar-refractivity contribution is -0.117. The number of nitrogens with zero attached hydrogens (tertiary/aromatic N) is 2. The van der Waals surface area contributed by atoms with Gasteiger partial charge in [-0.3, -0.25) is 9.79 Å². The second kappa shape index (κ2) is 8.64. The fourth-order valence-electron chi connectivity index (χ4n) is 3.58. The van der Waals surface area contributed by atoms with Crippen molar-refractivity contribution in [3.8, 4) is 0 Å². The largest absolute Gasteiger partial charge is 0.379 e. The Hall–Kier alpha value is -1.88. The maximum atomic E-state index is 12.8. The maximum absolute atomic E-state index is 12.8. The topological polar surface area (TPSA) is 41.9 Å². The minimum absolute atomic E-state index is 0.0575. The van der Waals surface area contributed by atoms with Crippen molar-refractivity contribution in [2.24, 2.45) is 10.9 Å². The van der Waals surface area contributed by atoms with Gasteiger partial charge in [0.1, 0.15) is 6.54 Å². The zero-order chi connectivity index (χ0) is 19.5. The molecule has 4 rings (SSSR count). The molecule has 0 atom stereocenters. The molecule has 0 saturated heterocycles. The van der Waals surface area contributed by atoms with Crippen LogP contribution in [0.25, 0.3) is 0 Å². The normalized spacial score (nSPS) is 17.0. The van der Waals surface area contributed by atoms with Crippen molar-refractivity contribution in [1.29, 1.82) is 0 Å². The van der Waals surface area contributed by atoms with Crippen LogP contribution in [0.5, 0.6) is 0 Å². The van der Waals surface area contributed by atoms with Crippen LogP contribution in [0.15, 0.2) is 47.5 Å². The monoisotopic (exact) mass is 416 g/mol. The smallest absolute Gasteiger partial charge is 0.248 e. The minimum atomic E-state index is -0.0575. The van der Waals surface area contributed by atoms with E-state index in [9.17, 15) is 4.79 Å². The highest BCUT2D eigenvalue weighted by Gasteiger charge is 2.26. The van der Waals surface area contributed by atoms with E-state index in [1.54, 1.807) is 11.0 Å². The number of rotatable bonds is 6. The summed E-state index contributed by atoms with van der Waals surface area (Å²) >= 11 is 12.7. The fourth-order valence-corrected chi connectivity index (χ4v) is 3.98. The second-order valence-electron chi connectivity index (χ2n) is 7.22. The molecule has 2 aromatic carbocycles. The van der Waals surface area contributed by atoms with E-state index >= 15 is 0 Å². The van der Waals surface area contributed by atoms with Gasteiger partial charge < -0.3 is 9.64 Å². The third-order valence-corrected chi connectivity index (χ3v) is 5.91. The van der Waals surface area contributed by atoms with E-state index in [1.165, 1.54) is 19.3 Å². The van der Waals surface area contributed by atoms with Crippen molar-refractivity contribution in [3.63, 3.8) is 0 Å². The Morgan fingerprint density at radius 3 is 2.68 bits per heavy atom. The number of amides is 1. The van der Waals surface area contributed by atoms with Crippen LogP contribution in [0.3, 0.4) is 0 Å². The number of anilines is 1. The summed E-state index contributed by atoms with van der Waals surface area (Å²) in [5.41, 5.74) is 3.08. The van der Waals surface area contributed by atoms with Crippen molar-refractivity contribution >= 4 is 40.5 Å². The molecule has 0 aromatic heterocycles. The molecule has 4 nitrogen and oxygen atoms in total. The fraction of sp³-hybridized carbons (Fsp3) is 0.364. The number of fused-ring (bicyclic) bond motifs is 1. The van der Waals surface area contributed by atoms with E-state index in [1.807, 2.05) is 36.4 Å². The number of hydrogen-bond acceptors (Lipinski definition) is 3. The lowest BCUT2D eigenvalue weighted by Crippen LogP contribution is -2.36. The zero-order valence-corrected chi connectivity index (χ0v) is 17.0. The highest BCUT2D eigenvalue weighted by Crippen LogP contribution is 2.31. The van der Waals surface area contributed by atoms with E-state index < -0.39 is 0 Å². The first-order chi connectivity index (χ1) is 13.6. The Kier molecular flexibility index (Phi) is 6.00. The molecular weight excluding hydrogens is 395 g/mol. The Bertz CT molecular complexity index is 909. The van der Waals surface area contributed by atoms with Gasteiger partial charge in [0.25, 0.3) is 0 Å². The molecule has 0 unspecified atom stereocenters. The molecule has 6 heteroatoms. The number of carbonyl (C=O) groups is 1. The van der Waals surface area contributed by atoms with Crippen molar-refractivity contribution in [2.75, 3.05) is 31.2 Å². The van der Waals surface area contributed by atoms with E-state index in [4.69, 9.17) is 27.9 Å². The molecule has 2 aromatic rings. The second-order valence-corrected chi connectivity index (χ2v) is 8.07. The highest BCUT2D eigenvalue weighted by atomic mass is 35.5. The summed E-state index contributed by atoms with van der Waals surface area (Å²) in [6.07, 6.45) is 3.80. The van der Waals surface area contributed by atoms with Crippen LogP contribution in [0, 0.1) is 5.92 Å². The molecular formula is C22H22Cl2N2O2. The van der Waals surface area contributed by atoms with Crippen molar-refractivity contribution in [2.45, 2.75) is 19.3 Å². The Balaban J connectivity index is 1.61. The minimum Gasteiger partial charge on any atom is -0.379 e. The van der Waals surface area contributed by atoms with Crippen molar-refractivity contribution in [1.82, 2.24) is 0 Å². The summed E-state index contributed by atoms with van der Waals surface area (Å²) in [5, 5.41) is 1.19. The summed E-state index contributed by atoms with van der Waals surface area (Å²) in [4.78, 5) is 19.2. The molecule has 146 valence electrons. The number of ether oxygens (including phenoxy) is 1. The molecule has 28 heavy (non-hydrogen) atoms. The number of aliphatic imine (C=N–C) groups is 1. The van der Waals surface area contributed by atoms with Crippen LogP contribution < -0.4 is 4.90 Å². The molecule has 1 fully saturated rings. The summed E-state index contributed by atoms with van der Waals surface area (Å²) in [5.74, 6) is 0.624. The molecule has 0 radical (unpaired) electrons. The first-order valence-corrected chi connectivity index (χ1v) is 10.4. The Morgan fingerprint density at radius 2 is 1.93 bits per heavy atom. The predicted octanol–water partition coefficient (Wildman–Crippen LogP) is 4.99. The molecule has 0 N–H and O–H groups in total. The van der Waals surface area contributed by atoms with Gasteiger partial charge in [0.05, 0.1) is 18.0 Å². The molecule has 1 amide bonds. The molecule has 2 aliphatic rings. The molecule has 1 aliphatic carbocycles. The van der Waals surface area contributed by atoms with Crippen LogP contribution in [0.4, 0.5) is 5.69 Å². The van der Waals surface area contributed by atoms with Gasteiger partial charge in [-0.2, -0.15) is 0 Å². The van der Waals surface area contributed by atoms with E-state index in [2.05, 4.69) is 4.99 Å². The number of benzodiazepines with no additional fused rings is 1. The highest BCUT2D eigenvalue weighted by molar-refractivity contribution is 6.36. The van der Waals surface area contributed by atoms with Gasteiger partial charge in [-0.25, -0.2) is 0 Å². The SMILES string of the molecule is O=C1CN=C(c2ccccc2Cl)c2cc(Cl)ccc2N1CCOCC1CCC1. The van der Waals surface area contributed by atoms with Crippen molar-refractivity contribution in [3.05, 3.63) is 63.6 Å². The third-order valence-electron chi connectivity index (χ3n) is 5.34. The average molecular weight is 417 g/mol. The number of carbonyl (C=O) groups excluding carboxylic acids is 1. The quantitative estimate of drug-likeness (QED) is 0.622. The van der Waals surface area contributed by atoms with Gasteiger partial charge in [-0.1, -0.05) is 47.8 Å². The first kappa shape index (κ1) is 19.4. The summed E-state index contributed by atoms with van der Waals surface area (Å²) in [6, 6.07) is 13.0. The predicted molar refractivity (Wildman–Crippen MR) is 114 cm³/mol. The first-order valence-electron chi connectivity index (χ1n) is 9.61. The summed E-state index contributed by atoms with van der Waals surface area (Å²) in [7, 11) is 0. The van der Waals surface area contributed by atoms with Crippen LogP contribution in [0.2, 0.25) is 10.0 Å². The van der Waals surface area contributed by atoms with Crippen LogP contribution in [-0.4, -0.2) is 37.9 Å². The summed E-state index contributed by atoms with van der Waals surface area (Å²) in [6.45, 7) is 1.84. The number of benzene rings is 2. The number of halogens is 2. The van der Waals surface area contributed by atoms with E-state index in [-0.39, 0.29) is 12.5 Å². The third kappa shape index (κ3) is 4.09. The van der Waals surface area contributed by atoms with E-state index in [0.29, 0.717) is 34.8 Å². The van der Waals surface area contributed by atoms with Crippen molar-refractivity contribution < 1.29 is 9.53 Å². The van der Waals surface area contributed by atoms with Gasteiger partial charge >= 0.3 is 0 Å².